The molecule has 21 heteroatoms. The molecule has 0 saturated carbocycles. The summed E-state index contributed by atoms with van der Waals surface area (Å²) in [4.78, 5) is 31.1. The molecule has 9 heterocycles. The van der Waals surface area contributed by atoms with E-state index in [1.165, 1.54) is 4.52 Å². The molecule has 3 N–H and O–H groups in total. The van der Waals surface area contributed by atoms with Gasteiger partial charge in [0.15, 0.2) is 34.2 Å². The summed E-state index contributed by atoms with van der Waals surface area (Å²) in [5.41, 5.74) is 13.3. The van der Waals surface area contributed by atoms with Gasteiger partial charge in [-0.3, -0.25) is 0 Å². The maximum absolute atomic E-state index is 6.85. The fourth-order valence-corrected chi connectivity index (χ4v) is 9.04. The molecule has 0 atom stereocenters. The lowest BCUT2D eigenvalue weighted by atomic mass is 10.0. The highest BCUT2D eigenvalue weighted by Gasteiger charge is 2.24. The molecule has 0 aliphatic rings. The monoisotopic (exact) mass is 943 g/mol. The Bertz CT molecular complexity index is 4190. The third-order valence-corrected chi connectivity index (χ3v) is 12.1. The summed E-state index contributed by atoms with van der Waals surface area (Å²) in [5, 5.41) is 21.8. The first kappa shape index (κ1) is 39.1. The zero-order chi connectivity index (χ0) is 45.4. The minimum atomic E-state index is 0.123. The maximum Gasteiger partial charge on any atom is 0.228 e. The van der Waals surface area contributed by atoms with Gasteiger partial charge in [-0.15, -0.1) is 15.3 Å². The molecule has 0 fully saturated rings. The Hall–Kier alpha value is -8.32. The Balaban J connectivity index is 0.888. The number of benzene rings is 4. The average molecular weight is 945 g/mol. The zero-order valence-corrected chi connectivity index (χ0v) is 37.3. The van der Waals surface area contributed by atoms with Crippen molar-refractivity contribution in [2.45, 2.75) is 0 Å². The molecule has 4 aromatic carbocycles. The van der Waals surface area contributed by atoms with Gasteiger partial charge >= 0.3 is 0 Å². The molecule has 18 nitrogen and oxygen atoms in total. The molecule has 0 radical (unpaired) electrons. The molecule has 67 heavy (non-hydrogen) atoms. The highest BCUT2D eigenvalue weighted by molar-refractivity contribution is 6.33. The smallest absolute Gasteiger partial charge is 0.228 e. The topological polar surface area (TPSA) is 210 Å². The predicted octanol–water partition coefficient (Wildman–Crippen LogP) is 10.4. The number of hydrogen-bond donors (Lipinski definition) is 2. The molecule has 0 saturated heterocycles. The number of nitrogen functional groups attached to an aromatic ring is 1. The average Bonchev–Trinajstić information content (AvgIpc) is 4.18. The summed E-state index contributed by atoms with van der Waals surface area (Å²) in [6, 6.07) is 25.9. The number of para-hydroxylation sites is 1. The molecular weight excluding hydrogens is 917 g/mol. The second-order valence-electron chi connectivity index (χ2n) is 15.9. The van der Waals surface area contributed by atoms with Crippen LogP contribution in [0.3, 0.4) is 0 Å². The predicted molar refractivity (Wildman–Crippen MR) is 257 cm³/mol. The van der Waals surface area contributed by atoms with Gasteiger partial charge in [0.1, 0.15) is 5.58 Å². The standard InChI is InChI=1S/C46H28Cl3N15O3/c1-51-45-54-37-27(22-12-34(66-19-22)39-55-41-28-13-23(47)8-9-31(28)52-46(61(2)3)64(41)60-39)15-25(49)17-30(37)43-56-38(59-63(43)45)33-11-21(18-65-33)26-14-24(48)16-29-36(26)53-44(50)62-42(29)57-40(58-62)35-10-20-6-4-5-7-32(20)67-35/h4-19H,1-3H3,(H2,50,53)(H,51,54). The van der Waals surface area contributed by atoms with Gasteiger partial charge in [0.05, 0.1) is 29.1 Å². The molecule has 0 aliphatic heterocycles. The van der Waals surface area contributed by atoms with E-state index in [0.717, 1.165) is 16.3 Å². The lowest BCUT2D eigenvalue weighted by Gasteiger charge is -2.13. The van der Waals surface area contributed by atoms with Crippen molar-refractivity contribution >= 4 is 113 Å². The first-order valence-electron chi connectivity index (χ1n) is 20.5. The van der Waals surface area contributed by atoms with E-state index in [1.54, 1.807) is 52.9 Å². The van der Waals surface area contributed by atoms with Crippen LogP contribution in [0.25, 0.3) is 118 Å². The van der Waals surface area contributed by atoms with Crippen molar-refractivity contribution < 1.29 is 13.3 Å². The number of fused-ring (bicyclic) bond motifs is 10. The number of nitrogens with zero attached hydrogens (tertiary/aromatic N) is 13. The van der Waals surface area contributed by atoms with Crippen molar-refractivity contribution in [3.63, 3.8) is 0 Å². The van der Waals surface area contributed by atoms with Crippen LogP contribution in [0, 0.1) is 0 Å². The Morgan fingerprint density at radius 2 is 1.16 bits per heavy atom. The Labute approximate surface area is 390 Å². The Morgan fingerprint density at radius 3 is 1.82 bits per heavy atom. The fraction of sp³-hybridized carbons (Fsp3) is 0.0652. The van der Waals surface area contributed by atoms with Crippen molar-refractivity contribution in [3.8, 4) is 57.0 Å². The normalized spacial score (nSPS) is 12.1. The molecule has 9 aromatic heterocycles. The number of furan rings is 3. The number of aromatic nitrogens is 12. The summed E-state index contributed by atoms with van der Waals surface area (Å²) in [5.74, 6) is 3.40. The van der Waals surface area contributed by atoms with Crippen molar-refractivity contribution in [1.82, 2.24) is 58.7 Å². The zero-order valence-electron chi connectivity index (χ0n) is 35.0. The van der Waals surface area contributed by atoms with Gasteiger partial charge in [-0.05, 0) is 66.7 Å². The molecule has 0 spiro atoms. The van der Waals surface area contributed by atoms with E-state index < -0.39 is 0 Å². The first-order valence-corrected chi connectivity index (χ1v) is 21.6. The van der Waals surface area contributed by atoms with Crippen LogP contribution in [-0.4, -0.2) is 79.9 Å². The largest absolute Gasteiger partial charge is 0.460 e. The molecule has 0 amide bonds. The highest BCUT2D eigenvalue weighted by Crippen LogP contribution is 2.40. The second kappa shape index (κ2) is 14.3. The van der Waals surface area contributed by atoms with Gasteiger partial charge < -0.3 is 29.2 Å². The van der Waals surface area contributed by atoms with Crippen LogP contribution in [0.2, 0.25) is 15.1 Å². The van der Waals surface area contributed by atoms with E-state index in [9.17, 15) is 0 Å². The van der Waals surface area contributed by atoms with Gasteiger partial charge in [0, 0.05) is 80.0 Å². The van der Waals surface area contributed by atoms with Gasteiger partial charge in [-0.25, -0.2) is 29.9 Å². The van der Waals surface area contributed by atoms with Crippen LogP contribution in [0.5, 0.6) is 0 Å². The molecule has 0 bridgehead atoms. The molecule has 13 aromatic rings. The fourth-order valence-electron chi connectivity index (χ4n) is 8.43. The van der Waals surface area contributed by atoms with Gasteiger partial charge in [-0.2, -0.15) is 13.5 Å². The summed E-state index contributed by atoms with van der Waals surface area (Å²) >= 11 is 20.0. The minimum absolute atomic E-state index is 0.123. The SMILES string of the molecule is CNc1nc2c(-c3coc(-c4nc5c6cc(Cl)ccc6nc(N(C)C)n5n4)c3)cc(Cl)cc2c2nc(-c3cc(-c4cc(Cl)cc5c4nc(N)n4nc(-c6cc7ccccc7o6)nc54)co3)nn12. The van der Waals surface area contributed by atoms with E-state index in [0.29, 0.717) is 122 Å². The Kier molecular flexibility index (Phi) is 8.36. The number of anilines is 3. The van der Waals surface area contributed by atoms with E-state index in [4.69, 9.17) is 93.9 Å². The summed E-state index contributed by atoms with van der Waals surface area (Å²) in [6.07, 6.45) is 3.21. The molecule has 13 rings (SSSR count). The lowest BCUT2D eigenvalue weighted by Crippen LogP contribution is -2.16. The van der Waals surface area contributed by atoms with Crippen LogP contribution in [0.15, 0.2) is 111 Å². The highest BCUT2D eigenvalue weighted by atomic mass is 35.5. The lowest BCUT2D eigenvalue weighted by molar-refractivity contribution is 0.577. The maximum atomic E-state index is 6.85. The van der Waals surface area contributed by atoms with Gasteiger partial charge in [0.2, 0.25) is 35.3 Å². The van der Waals surface area contributed by atoms with Crippen molar-refractivity contribution in [2.75, 3.05) is 37.1 Å². The number of nitrogens with two attached hydrogens (primary N) is 1. The summed E-state index contributed by atoms with van der Waals surface area (Å²) in [7, 11) is 5.53. The van der Waals surface area contributed by atoms with Crippen LogP contribution in [0.1, 0.15) is 0 Å². The number of nitrogens with one attached hydrogen (secondary N) is 1. The summed E-state index contributed by atoms with van der Waals surface area (Å²) in [6.45, 7) is 0. The van der Waals surface area contributed by atoms with E-state index in [1.807, 2.05) is 79.7 Å². The van der Waals surface area contributed by atoms with Gasteiger partial charge in [-0.1, -0.05) is 53.0 Å². The van der Waals surface area contributed by atoms with Crippen LogP contribution < -0.4 is 16.0 Å². The molecular formula is C46H28Cl3N15O3. The van der Waals surface area contributed by atoms with Crippen molar-refractivity contribution in [1.29, 1.82) is 0 Å². The summed E-state index contributed by atoms with van der Waals surface area (Å²) < 4.78 is 23.1. The molecule has 0 aliphatic carbocycles. The van der Waals surface area contributed by atoms with Crippen LogP contribution in [-0.2, 0) is 0 Å². The molecule has 326 valence electrons. The second-order valence-corrected chi connectivity index (χ2v) is 17.2. The third-order valence-electron chi connectivity index (χ3n) is 11.5. The van der Waals surface area contributed by atoms with Crippen LogP contribution in [0.4, 0.5) is 17.8 Å². The van der Waals surface area contributed by atoms with Crippen molar-refractivity contribution in [2.24, 2.45) is 0 Å². The first-order chi connectivity index (χ1) is 32.5. The quantitative estimate of drug-likeness (QED) is 0.152. The number of rotatable bonds is 7. The minimum Gasteiger partial charge on any atom is -0.460 e. The Morgan fingerprint density at radius 1 is 0.582 bits per heavy atom. The van der Waals surface area contributed by atoms with E-state index >= 15 is 0 Å². The van der Waals surface area contributed by atoms with E-state index in [-0.39, 0.29) is 11.8 Å². The van der Waals surface area contributed by atoms with E-state index in [2.05, 4.69) is 10.4 Å². The third kappa shape index (κ3) is 6.07. The van der Waals surface area contributed by atoms with Crippen molar-refractivity contribution in [3.05, 3.63) is 113 Å². The number of halogens is 3. The molecule has 0 unspecified atom stereocenters. The van der Waals surface area contributed by atoms with Gasteiger partial charge in [0.25, 0.3) is 0 Å². The van der Waals surface area contributed by atoms with Crippen LogP contribution >= 0.6 is 34.8 Å². The number of hydrogen-bond acceptors (Lipinski definition) is 15.